The Morgan fingerprint density at radius 3 is 2.69 bits per heavy atom. The summed E-state index contributed by atoms with van der Waals surface area (Å²) < 4.78 is 51.4. The Hall–Kier alpha value is -5.14. The number of anilines is 1. The first-order chi connectivity index (χ1) is 23.4. The summed E-state index contributed by atoms with van der Waals surface area (Å²) in [5, 5.41) is 18.8. The molecule has 246 valence electrons. The van der Waals surface area contributed by atoms with Gasteiger partial charge in [0, 0.05) is 70.5 Å². The van der Waals surface area contributed by atoms with Gasteiger partial charge in [-0.15, -0.1) is 11.3 Å². The van der Waals surface area contributed by atoms with E-state index in [-0.39, 0.29) is 37.2 Å². The molecule has 0 radical (unpaired) electrons. The number of aromatic nitrogens is 3. The number of benzene rings is 2. The van der Waals surface area contributed by atoms with Crippen LogP contribution >= 0.6 is 11.3 Å². The van der Waals surface area contributed by atoms with Crippen molar-refractivity contribution in [3.05, 3.63) is 76.8 Å². The standard InChI is InChI=1S/C35H32F2N6O4S/c1-20-28-16-27(41-43(28)7-6-42(20)19-44)34-32-31-25(37)14-22(36)15-30(31)47-11-10-45-8-3-4-9-46-29-17-26(39-2)21(18-38)13-24(29)33(40-34)23-5-12-48-35(23)32/h3-5,12-20,38-39H,6-11H2,1-2H3/b4-3+,38-18?/t20-/m0/s1. The molecule has 48 heavy (non-hydrogen) atoms. The molecule has 10 nitrogen and oxygen atoms in total. The molecule has 0 fully saturated rings. The van der Waals surface area contributed by atoms with Crippen molar-refractivity contribution >= 4 is 39.7 Å². The van der Waals surface area contributed by atoms with Crippen LogP contribution in [0.4, 0.5) is 14.5 Å². The molecule has 2 aromatic carbocycles. The average molecular weight is 671 g/mol. The van der Waals surface area contributed by atoms with Crippen molar-refractivity contribution in [3.63, 3.8) is 0 Å². The highest BCUT2D eigenvalue weighted by atomic mass is 32.1. The molecule has 1 atom stereocenters. The third-order valence-corrected chi connectivity index (χ3v) is 9.53. The van der Waals surface area contributed by atoms with Gasteiger partial charge in [-0.05, 0) is 36.6 Å². The lowest BCUT2D eigenvalue weighted by molar-refractivity contribution is -0.121. The number of carbonyl (C=O) groups excluding carboxylic acids is 1. The normalized spacial score (nSPS) is 17.0. The molecule has 2 aliphatic heterocycles. The van der Waals surface area contributed by atoms with Crippen molar-refractivity contribution in [2.75, 3.05) is 45.3 Å². The highest BCUT2D eigenvalue weighted by molar-refractivity contribution is 7.18. The summed E-state index contributed by atoms with van der Waals surface area (Å²) in [7, 11) is 1.77. The van der Waals surface area contributed by atoms with E-state index in [1.807, 2.05) is 53.4 Å². The van der Waals surface area contributed by atoms with E-state index in [4.69, 9.17) is 29.7 Å². The minimum absolute atomic E-state index is 0.0133. The molecule has 7 rings (SSSR count). The largest absolute Gasteiger partial charge is 0.490 e. The zero-order valence-corrected chi connectivity index (χ0v) is 27.1. The van der Waals surface area contributed by atoms with Crippen LogP contribution < -0.4 is 14.8 Å². The molecule has 2 bridgehead atoms. The molecular formula is C35H32F2N6O4S. The summed E-state index contributed by atoms with van der Waals surface area (Å²) >= 11 is 1.39. The summed E-state index contributed by atoms with van der Waals surface area (Å²) in [5.74, 6) is -1.05. The maximum Gasteiger partial charge on any atom is 0.210 e. The number of fused-ring (bicyclic) bond motifs is 11. The minimum Gasteiger partial charge on any atom is -0.490 e. The molecule has 13 heteroatoms. The quantitative estimate of drug-likeness (QED) is 0.124. The highest BCUT2D eigenvalue weighted by Gasteiger charge is 2.30. The SMILES string of the molecule is CNc1cc2c(cc1C=N)-c1nc(-c3cc4n(n3)CCN(C=O)[C@H]4C)c(c3sccc13)-c1c(F)cc(F)cc1OCCOC/C=C/CO2. The Morgan fingerprint density at radius 1 is 1.02 bits per heavy atom. The summed E-state index contributed by atoms with van der Waals surface area (Å²) in [4.78, 5) is 18.7. The van der Waals surface area contributed by atoms with E-state index in [9.17, 15) is 9.18 Å². The van der Waals surface area contributed by atoms with Crippen LogP contribution in [0, 0.1) is 17.0 Å². The molecule has 1 amide bonds. The first-order valence-electron chi connectivity index (χ1n) is 15.5. The van der Waals surface area contributed by atoms with Gasteiger partial charge in [0.15, 0.2) is 0 Å². The zero-order valence-electron chi connectivity index (χ0n) is 26.3. The van der Waals surface area contributed by atoms with Crippen LogP contribution in [0.25, 0.3) is 43.9 Å². The average Bonchev–Trinajstić information content (AvgIpc) is 3.75. The first kappa shape index (κ1) is 31.5. The van der Waals surface area contributed by atoms with Crippen molar-refractivity contribution in [2.24, 2.45) is 0 Å². The number of nitrogens with one attached hydrogen (secondary N) is 2. The van der Waals surface area contributed by atoms with Crippen molar-refractivity contribution in [2.45, 2.75) is 19.5 Å². The fourth-order valence-electron chi connectivity index (χ4n) is 6.21. The monoisotopic (exact) mass is 670 g/mol. The van der Waals surface area contributed by atoms with Crippen LogP contribution in [-0.2, 0) is 16.1 Å². The molecule has 0 aliphatic carbocycles. The molecule has 0 unspecified atom stereocenters. The van der Waals surface area contributed by atoms with Crippen molar-refractivity contribution in [1.29, 1.82) is 5.41 Å². The maximum absolute atomic E-state index is 16.2. The molecule has 5 aromatic rings. The summed E-state index contributed by atoms with van der Waals surface area (Å²) in [6, 6.07) is 9.20. The maximum atomic E-state index is 16.2. The van der Waals surface area contributed by atoms with E-state index in [0.717, 1.165) is 18.2 Å². The second-order valence-electron chi connectivity index (χ2n) is 11.3. The van der Waals surface area contributed by atoms with Gasteiger partial charge in [-0.2, -0.15) is 5.10 Å². The first-order valence-corrected chi connectivity index (χ1v) is 16.3. The van der Waals surface area contributed by atoms with Gasteiger partial charge in [0.25, 0.3) is 0 Å². The second-order valence-corrected chi connectivity index (χ2v) is 12.3. The molecular weight excluding hydrogens is 638 g/mol. The van der Waals surface area contributed by atoms with E-state index < -0.39 is 11.6 Å². The van der Waals surface area contributed by atoms with E-state index in [2.05, 4.69) is 5.32 Å². The van der Waals surface area contributed by atoms with Crippen molar-refractivity contribution in [1.82, 2.24) is 19.7 Å². The Labute approximate surface area is 279 Å². The number of nitrogens with zero attached hydrogens (tertiary/aromatic N) is 4. The summed E-state index contributed by atoms with van der Waals surface area (Å²) in [6.07, 6.45) is 5.75. The Morgan fingerprint density at radius 2 is 1.88 bits per heavy atom. The van der Waals surface area contributed by atoms with Crippen LogP contribution in [0.3, 0.4) is 0 Å². The fraction of sp³-hybridized carbons (Fsp3) is 0.257. The lowest BCUT2D eigenvalue weighted by atomic mass is 9.95. The number of amides is 1. The van der Waals surface area contributed by atoms with Crippen LogP contribution in [0.5, 0.6) is 11.5 Å². The van der Waals surface area contributed by atoms with Gasteiger partial charge in [-0.3, -0.25) is 9.48 Å². The van der Waals surface area contributed by atoms with Gasteiger partial charge in [0.1, 0.15) is 47.7 Å². The zero-order chi connectivity index (χ0) is 33.4. The lowest BCUT2D eigenvalue weighted by Crippen LogP contribution is -2.35. The smallest absolute Gasteiger partial charge is 0.210 e. The number of thiophene rings is 1. The predicted molar refractivity (Wildman–Crippen MR) is 181 cm³/mol. The third kappa shape index (κ3) is 5.58. The van der Waals surface area contributed by atoms with Crippen LogP contribution in [0.1, 0.15) is 24.2 Å². The summed E-state index contributed by atoms with van der Waals surface area (Å²) in [5.41, 5.74) is 4.55. The van der Waals surface area contributed by atoms with Gasteiger partial charge in [-0.25, -0.2) is 13.8 Å². The topological polar surface area (TPSA) is 115 Å². The predicted octanol–water partition coefficient (Wildman–Crippen LogP) is 6.69. The summed E-state index contributed by atoms with van der Waals surface area (Å²) in [6.45, 7) is 3.65. The fourth-order valence-corrected chi connectivity index (χ4v) is 7.16. The Kier molecular flexibility index (Phi) is 8.63. The van der Waals surface area contributed by atoms with Gasteiger partial charge in [0.2, 0.25) is 6.41 Å². The molecule has 0 spiro atoms. The Balaban J connectivity index is 1.57. The molecule has 0 saturated carbocycles. The number of halogens is 2. The number of rotatable bonds is 4. The minimum atomic E-state index is -0.810. The van der Waals surface area contributed by atoms with Gasteiger partial charge >= 0.3 is 0 Å². The van der Waals surface area contributed by atoms with Crippen LogP contribution in [-0.4, -0.2) is 72.3 Å². The van der Waals surface area contributed by atoms with Crippen LogP contribution in [0.15, 0.2) is 53.9 Å². The van der Waals surface area contributed by atoms with Gasteiger partial charge < -0.3 is 29.8 Å². The second kappa shape index (κ2) is 13.2. The lowest BCUT2D eigenvalue weighted by Gasteiger charge is -2.30. The number of ether oxygens (including phenoxy) is 3. The third-order valence-electron chi connectivity index (χ3n) is 8.59. The highest BCUT2D eigenvalue weighted by Crippen LogP contribution is 2.49. The van der Waals surface area contributed by atoms with E-state index >= 15 is 4.39 Å². The van der Waals surface area contributed by atoms with E-state index in [0.29, 0.717) is 75.0 Å². The molecule has 5 heterocycles. The van der Waals surface area contributed by atoms with Gasteiger partial charge in [-0.1, -0.05) is 6.08 Å². The number of carbonyl (C=O) groups is 1. The number of hydrogen-bond donors (Lipinski definition) is 2. The molecule has 2 aliphatic rings. The van der Waals surface area contributed by atoms with E-state index in [1.54, 1.807) is 11.9 Å². The number of hydrogen-bond acceptors (Lipinski definition) is 9. The van der Waals surface area contributed by atoms with Crippen LogP contribution in [0.2, 0.25) is 0 Å². The Bertz CT molecular complexity index is 2080. The van der Waals surface area contributed by atoms with Crippen molar-refractivity contribution < 1.29 is 27.8 Å². The number of pyridine rings is 1. The molecule has 3 aromatic heterocycles. The molecule has 0 saturated heterocycles. The van der Waals surface area contributed by atoms with E-state index in [1.165, 1.54) is 23.6 Å². The van der Waals surface area contributed by atoms with Crippen molar-refractivity contribution in [3.8, 4) is 45.3 Å². The van der Waals surface area contributed by atoms with Gasteiger partial charge in [0.05, 0.1) is 42.8 Å². The molecule has 2 N–H and O–H groups in total.